The number of hydrogen-bond acceptors (Lipinski definition) is 4. The van der Waals surface area contributed by atoms with Gasteiger partial charge in [-0.25, -0.2) is 0 Å². The van der Waals surface area contributed by atoms with Gasteiger partial charge in [0, 0.05) is 13.2 Å². The van der Waals surface area contributed by atoms with Gasteiger partial charge in [0.05, 0.1) is 12.8 Å². The van der Waals surface area contributed by atoms with Crippen LogP contribution in [0.5, 0.6) is 0 Å². The van der Waals surface area contributed by atoms with Crippen LogP contribution in [0.3, 0.4) is 0 Å². The van der Waals surface area contributed by atoms with E-state index in [9.17, 15) is 0 Å². The van der Waals surface area contributed by atoms with Crippen molar-refractivity contribution < 1.29 is 4.84 Å². The summed E-state index contributed by atoms with van der Waals surface area (Å²) in [6.45, 7) is 1.99. The molecule has 0 bridgehead atoms. The van der Waals surface area contributed by atoms with Gasteiger partial charge >= 0.3 is 0 Å². The molecule has 0 spiro atoms. The molecule has 4 nitrogen and oxygen atoms in total. The molecule has 1 aromatic heterocycles. The molecular weight excluding hydrogens is 166 g/mol. The van der Waals surface area contributed by atoms with Crippen LogP contribution in [0.1, 0.15) is 17.4 Å². The number of aromatic nitrogens is 1. The molecule has 1 aromatic rings. The predicted octanol–water partition coefficient (Wildman–Crippen LogP) is 0.841. The molecule has 4 heteroatoms. The topological polar surface area (TPSA) is 51.4 Å². The Balaban J connectivity index is 2.77. The van der Waals surface area contributed by atoms with E-state index in [1.165, 1.54) is 0 Å². The molecule has 0 aliphatic rings. The number of hydroxylamine groups is 2. The second-order valence-corrected chi connectivity index (χ2v) is 2.93. The average Bonchev–Trinajstić information content (AvgIpc) is 2.17. The van der Waals surface area contributed by atoms with Crippen molar-refractivity contribution in [2.24, 2.45) is 5.73 Å². The summed E-state index contributed by atoms with van der Waals surface area (Å²) >= 11 is 0. The second-order valence-electron chi connectivity index (χ2n) is 2.93. The first-order valence-electron chi connectivity index (χ1n) is 4.10. The molecule has 0 amide bonds. The Morgan fingerprint density at radius 2 is 2.23 bits per heavy atom. The number of pyridine rings is 1. The van der Waals surface area contributed by atoms with E-state index in [-0.39, 0.29) is 6.17 Å². The fourth-order valence-corrected chi connectivity index (χ4v) is 0.954. The third kappa shape index (κ3) is 2.48. The zero-order valence-corrected chi connectivity index (χ0v) is 8.19. The van der Waals surface area contributed by atoms with Crippen LogP contribution < -0.4 is 5.73 Å². The molecule has 1 atom stereocenters. The molecule has 1 heterocycles. The van der Waals surface area contributed by atoms with Crippen molar-refractivity contribution in [1.82, 2.24) is 10.0 Å². The van der Waals surface area contributed by atoms with Crippen LogP contribution >= 0.6 is 0 Å². The lowest BCUT2D eigenvalue weighted by atomic mass is 10.2. The maximum Gasteiger partial charge on any atom is 0.124 e. The van der Waals surface area contributed by atoms with E-state index < -0.39 is 0 Å². The van der Waals surface area contributed by atoms with Gasteiger partial charge in [-0.05, 0) is 18.6 Å². The SMILES string of the molecule is CON(C)C(N)c1ccc(C)cn1. The molecule has 2 N–H and O–H groups in total. The normalized spacial score (nSPS) is 13.3. The Bertz CT molecular complexity index is 260. The van der Waals surface area contributed by atoms with Gasteiger partial charge in [0.25, 0.3) is 0 Å². The van der Waals surface area contributed by atoms with Crippen molar-refractivity contribution in [3.8, 4) is 0 Å². The molecule has 0 saturated carbocycles. The van der Waals surface area contributed by atoms with Crippen LogP contribution in [0.4, 0.5) is 0 Å². The van der Waals surface area contributed by atoms with E-state index in [0.717, 1.165) is 11.3 Å². The maximum absolute atomic E-state index is 5.84. The summed E-state index contributed by atoms with van der Waals surface area (Å²) in [5.41, 5.74) is 7.76. The highest BCUT2D eigenvalue weighted by Gasteiger charge is 2.11. The minimum Gasteiger partial charge on any atom is -0.309 e. The number of rotatable bonds is 3. The van der Waals surface area contributed by atoms with E-state index >= 15 is 0 Å². The van der Waals surface area contributed by atoms with Crippen LogP contribution in [0.25, 0.3) is 0 Å². The highest BCUT2D eigenvalue weighted by atomic mass is 16.7. The molecule has 0 saturated heterocycles. The summed E-state index contributed by atoms with van der Waals surface area (Å²) in [6.07, 6.45) is 1.48. The second kappa shape index (κ2) is 4.32. The van der Waals surface area contributed by atoms with Gasteiger partial charge in [0.2, 0.25) is 0 Å². The van der Waals surface area contributed by atoms with Gasteiger partial charge in [0.1, 0.15) is 6.17 Å². The summed E-state index contributed by atoms with van der Waals surface area (Å²) in [7, 11) is 3.35. The Morgan fingerprint density at radius 1 is 1.54 bits per heavy atom. The smallest absolute Gasteiger partial charge is 0.124 e. The van der Waals surface area contributed by atoms with Gasteiger partial charge in [-0.1, -0.05) is 6.07 Å². The van der Waals surface area contributed by atoms with Gasteiger partial charge in [-0.3, -0.25) is 4.98 Å². The molecule has 0 aliphatic carbocycles. The maximum atomic E-state index is 5.84. The molecule has 0 radical (unpaired) electrons. The Hall–Kier alpha value is -0.970. The summed E-state index contributed by atoms with van der Waals surface area (Å²) in [6, 6.07) is 3.88. The Morgan fingerprint density at radius 3 is 2.69 bits per heavy atom. The Kier molecular flexibility index (Phi) is 3.36. The van der Waals surface area contributed by atoms with Gasteiger partial charge in [-0.2, -0.15) is 5.06 Å². The van der Waals surface area contributed by atoms with Crippen molar-refractivity contribution in [2.75, 3.05) is 14.2 Å². The number of nitrogens with two attached hydrogens (primary N) is 1. The van der Waals surface area contributed by atoms with E-state index in [1.807, 2.05) is 19.1 Å². The molecule has 1 unspecified atom stereocenters. The van der Waals surface area contributed by atoms with Crippen LogP contribution in [0.15, 0.2) is 18.3 Å². The van der Waals surface area contributed by atoms with E-state index in [4.69, 9.17) is 10.6 Å². The standard InChI is InChI=1S/C9H15N3O/c1-7-4-5-8(11-6-7)9(10)12(2)13-3/h4-6,9H,10H2,1-3H3. The van der Waals surface area contributed by atoms with Crippen LogP contribution in [-0.4, -0.2) is 24.2 Å². The average molecular weight is 181 g/mol. The largest absolute Gasteiger partial charge is 0.309 e. The molecule has 72 valence electrons. The first-order valence-corrected chi connectivity index (χ1v) is 4.10. The van der Waals surface area contributed by atoms with Crippen molar-refractivity contribution in [3.05, 3.63) is 29.6 Å². The zero-order valence-electron chi connectivity index (χ0n) is 8.19. The number of nitrogens with zero attached hydrogens (tertiary/aromatic N) is 2. The predicted molar refractivity (Wildman–Crippen MR) is 50.7 cm³/mol. The monoisotopic (exact) mass is 181 g/mol. The molecule has 1 rings (SSSR count). The third-order valence-corrected chi connectivity index (χ3v) is 1.92. The van der Waals surface area contributed by atoms with Crippen molar-refractivity contribution in [3.63, 3.8) is 0 Å². The lowest BCUT2D eigenvalue weighted by molar-refractivity contribution is -0.142. The summed E-state index contributed by atoms with van der Waals surface area (Å²) in [5, 5.41) is 1.55. The number of aryl methyl sites for hydroxylation is 1. The molecule has 0 aliphatic heterocycles. The van der Waals surface area contributed by atoms with Crippen molar-refractivity contribution >= 4 is 0 Å². The molecular formula is C9H15N3O. The van der Waals surface area contributed by atoms with Crippen LogP contribution in [-0.2, 0) is 4.84 Å². The van der Waals surface area contributed by atoms with Gasteiger partial charge in [0.15, 0.2) is 0 Å². The first kappa shape index (κ1) is 10.1. The third-order valence-electron chi connectivity index (χ3n) is 1.92. The number of hydrogen-bond donors (Lipinski definition) is 1. The lowest BCUT2D eigenvalue weighted by Crippen LogP contribution is -2.30. The minimum atomic E-state index is -0.314. The lowest BCUT2D eigenvalue weighted by Gasteiger charge is -2.20. The highest BCUT2D eigenvalue weighted by Crippen LogP contribution is 2.10. The van der Waals surface area contributed by atoms with Crippen molar-refractivity contribution in [1.29, 1.82) is 0 Å². The summed E-state index contributed by atoms with van der Waals surface area (Å²) < 4.78 is 0. The Labute approximate surface area is 78.3 Å². The van der Waals surface area contributed by atoms with Gasteiger partial charge < -0.3 is 10.6 Å². The fraction of sp³-hybridized carbons (Fsp3) is 0.444. The van der Waals surface area contributed by atoms with Crippen LogP contribution in [0, 0.1) is 6.92 Å². The summed E-state index contributed by atoms with van der Waals surface area (Å²) in [5.74, 6) is 0. The van der Waals surface area contributed by atoms with E-state index in [0.29, 0.717) is 0 Å². The van der Waals surface area contributed by atoms with Gasteiger partial charge in [-0.15, -0.1) is 0 Å². The summed E-state index contributed by atoms with van der Waals surface area (Å²) in [4.78, 5) is 9.17. The van der Waals surface area contributed by atoms with E-state index in [2.05, 4.69) is 4.98 Å². The highest BCUT2D eigenvalue weighted by molar-refractivity contribution is 5.14. The quantitative estimate of drug-likeness (QED) is 0.554. The van der Waals surface area contributed by atoms with Crippen molar-refractivity contribution in [2.45, 2.75) is 13.1 Å². The first-order chi connectivity index (χ1) is 6.15. The van der Waals surface area contributed by atoms with E-state index in [1.54, 1.807) is 25.4 Å². The van der Waals surface area contributed by atoms with Crippen LogP contribution in [0.2, 0.25) is 0 Å². The minimum absolute atomic E-state index is 0.314. The fourth-order valence-electron chi connectivity index (χ4n) is 0.954. The zero-order chi connectivity index (χ0) is 9.84. The molecule has 0 aromatic carbocycles. The molecule has 13 heavy (non-hydrogen) atoms. The molecule has 0 fully saturated rings.